The van der Waals surface area contributed by atoms with Crippen LogP contribution in [0.25, 0.3) is 10.9 Å². The molecule has 0 atom stereocenters. The van der Waals surface area contributed by atoms with Gasteiger partial charge in [0.1, 0.15) is 6.54 Å². The van der Waals surface area contributed by atoms with Gasteiger partial charge in [0, 0.05) is 13.0 Å². The zero-order chi connectivity index (χ0) is 10.7. The van der Waals surface area contributed by atoms with Crippen LogP contribution in [0.2, 0.25) is 0 Å². The highest BCUT2D eigenvalue weighted by Gasteiger charge is 2.12. The van der Waals surface area contributed by atoms with Crippen LogP contribution in [-0.4, -0.2) is 11.9 Å². The van der Waals surface area contributed by atoms with Gasteiger partial charge in [-0.15, -0.1) is 0 Å². The monoisotopic (exact) mass is 203 g/mol. The number of ether oxygens (including phenoxy) is 1. The molecule has 0 saturated carbocycles. The molecule has 0 unspecified atom stereocenters. The first-order valence-electron chi connectivity index (χ1n) is 4.81. The SMILES string of the molecule is [CH2]C[n+]1cccc2cccc(OCO)c21. The standard InChI is InChI=1S/C12H13NO2/c1-2-13-8-4-6-10-5-3-7-11(12(10)13)15-9-14/h3-8,14H,1-2,9H2/q+1. The summed E-state index contributed by atoms with van der Waals surface area (Å²) < 4.78 is 7.15. The van der Waals surface area contributed by atoms with E-state index in [1.54, 1.807) is 0 Å². The quantitative estimate of drug-likeness (QED) is 0.602. The Bertz CT molecular complexity index is 463. The third-order valence-electron chi connectivity index (χ3n) is 2.32. The normalized spacial score (nSPS) is 10.5. The Balaban J connectivity index is 2.69. The Hall–Kier alpha value is -1.61. The summed E-state index contributed by atoms with van der Waals surface area (Å²) in [7, 11) is 0. The van der Waals surface area contributed by atoms with E-state index in [1.165, 1.54) is 0 Å². The molecule has 2 rings (SSSR count). The summed E-state index contributed by atoms with van der Waals surface area (Å²) in [6.07, 6.45) is 1.94. The van der Waals surface area contributed by atoms with Crippen molar-refractivity contribution in [1.29, 1.82) is 0 Å². The Morgan fingerprint density at radius 2 is 2.07 bits per heavy atom. The number of para-hydroxylation sites is 1. The zero-order valence-corrected chi connectivity index (χ0v) is 8.39. The van der Waals surface area contributed by atoms with Crippen LogP contribution in [-0.2, 0) is 6.54 Å². The summed E-state index contributed by atoms with van der Waals surface area (Å²) in [5.74, 6) is 0.680. The Morgan fingerprint density at radius 1 is 1.27 bits per heavy atom. The van der Waals surface area contributed by atoms with Crippen molar-refractivity contribution in [2.24, 2.45) is 0 Å². The maximum absolute atomic E-state index is 8.80. The fourth-order valence-electron chi connectivity index (χ4n) is 1.68. The maximum atomic E-state index is 8.80. The number of benzene rings is 1. The van der Waals surface area contributed by atoms with Gasteiger partial charge in [0.05, 0.1) is 5.39 Å². The minimum absolute atomic E-state index is 0.314. The molecule has 1 heterocycles. The number of pyridine rings is 1. The molecular weight excluding hydrogens is 190 g/mol. The van der Waals surface area contributed by atoms with Gasteiger partial charge >= 0.3 is 0 Å². The van der Waals surface area contributed by atoms with Crippen LogP contribution in [0.4, 0.5) is 0 Å². The van der Waals surface area contributed by atoms with Crippen LogP contribution in [0.15, 0.2) is 36.5 Å². The molecule has 0 bridgehead atoms. The molecule has 1 radical (unpaired) electrons. The molecule has 1 aromatic heterocycles. The van der Waals surface area contributed by atoms with Gasteiger partial charge in [-0.3, -0.25) is 0 Å². The maximum Gasteiger partial charge on any atom is 0.254 e. The van der Waals surface area contributed by atoms with Gasteiger partial charge < -0.3 is 9.84 Å². The topological polar surface area (TPSA) is 33.3 Å². The highest BCUT2D eigenvalue weighted by atomic mass is 16.6. The third-order valence-corrected chi connectivity index (χ3v) is 2.32. The number of aliphatic hydroxyl groups excluding tert-OH is 1. The summed E-state index contributed by atoms with van der Waals surface area (Å²) in [6, 6.07) is 9.72. The minimum atomic E-state index is -0.314. The predicted octanol–water partition coefficient (Wildman–Crippen LogP) is 1.29. The van der Waals surface area contributed by atoms with E-state index in [2.05, 4.69) is 6.92 Å². The molecule has 3 nitrogen and oxygen atoms in total. The molecule has 0 aliphatic carbocycles. The second-order valence-corrected chi connectivity index (χ2v) is 3.17. The average molecular weight is 203 g/mol. The highest BCUT2D eigenvalue weighted by Crippen LogP contribution is 2.21. The first kappa shape index (κ1) is 9.93. The number of hydrogen-bond donors (Lipinski definition) is 1. The molecule has 1 N–H and O–H groups in total. The largest absolute Gasteiger partial charge is 0.461 e. The van der Waals surface area contributed by atoms with E-state index in [-0.39, 0.29) is 6.79 Å². The van der Waals surface area contributed by atoms with E-state index in [1.807, 2.05) is 41.1 Å². The van der Waals surface area contributed by atoms with Crippen LogP contribution in [0, 0.1) is 6.92 Å². The molecule has 3 heteroatoms. The second kappa shape index (κ2) is 4.28. The van der Waals surface area contributed by atoms with E-state index >= 15 is 0 Å². The average Bonchev–Trinajstić information content (AvgIpc) is 2.29. The van der Waals surface area contributed by atoms with E-state index in [4.69, 9.17) is 9.84 Å². The number of aromatic nitrogens is 1. The number of nitrogens with zero attached hydrogens (tertiary/aromatic N) is 1. The lowest BCUT2D eigenvalue weighted by Crippen LogP contribution is -2.33. The molecule has 15 heavy (non-hydrogen) atoms. The van der Waals surface area contributed by atoms with E-state index in [9.17, 15) is 0 Å². The summed E-state index contributed by atoms with van der Waals surface area (Å²) in [4.78, 5) is 0. The number of rotatable bonds is 3. The van der Waals surface area contributed by atoms with Crippen molar-refractivity contribution in [3.8, 4) is 5.75 Å². The molecule has 77 valence electrons. The summed E-state index contributed by atoms with van der Waals surface area (Å²) in [5, 5.41) is 9.87. The lowest BCUT2D eigenvalue weighted by Gasteiger charge is -2.05. The highest BCUT2D eigenvalue weighted by molar-refractivity contribution is 5.81. The van der Waals surface area contributed by atoms with Gasteiger partial charge in [0.2, 0.25) is 0 Å². The first-order valence-corrected chi connectivity index (χ1v) is 4.81. The molecule has 0 amide bonds. The summed E-state index contributed by atoms with van der Waals surface area (Å²) >= 11 is 0. The predicted molar refractivity (Wildman–Crippen MR) is 57.2 cm³/mol. The van der Waals surface area contributed by atoms with E-state index in [0.717, 1.165) is 10.9 Å². The van der Waals surface area contributed by atoms with Gasteiger partial charge in [-0.1, -0.05) is 6.07 Å². The molecule has 1 aromatic carbocycles. The number of hydrogen-bond acceptors (Lipinski definition) is 2. The van der Waals surface area contributed by atoms with Gasteiger partial charge in [-0.05, 0) is 18.2 Å². The van der Waals surface area contributed by atoms with Crippen LogP contribution in [0.1, 0.15) is 0 Å². The van der Waals surface area contributed by atoms with Gasteiger partial charge in [-0.25, -0.2) is 0 Å². The van der Waals surface area contributed by atoms with E-state index < -0.39 is 0 Å². The lowest BCUT2D eigenvalue weighted by molar-refractivity contribution is -0.662. The first-order chi connectivity index (χ1) is 7.36. The molecular formula is C12H13NO2+. The van der Waals surface area contributed by atoms with Crippen LogP contribution in [0.5, 0.6) is 5.75 Å². The number of fused-ring (bicyclic) bond motifs is 1. The van der Waals surface area contributed by atoms with Crippen molar-refractivity contribution in [2.75, 3.05) is 6.79 Å². The Kier molecular flexibility index (Phi) is 2.83. The third kappa shape index (κ3) is 1.78. The lowest BCUT2D eigenvalue weighted by atomic mass is 10.2. The molecule has 0 fully saturated rings. The fourth-order valence-corrected chi connectivity index (χ4v) is 1.68. The van der Waals surface area contributed by atoms with Crippen molar-refractivity contribution in [2.45, 2.75) is 6.54 Å². The minimum Gasteiger partial charge on any atom is -0.461 e. The van der Waals surface area contributed by atoms with Gasteiger partial charge in [0.15, 0.2) is 18.7 Å². The Labute approximate surface area is 88.5 Å². The van der Waals surface area contributed by atoms with Gasteiger partial charge in [-0.2, -0.15) is 4.57 Å². The van der Waals surface area contributed by atoms with Crippen molar-refractivity contribution in [1.82, 2.24) is 0 Å². The fraction of sp³-hybridized carbons (Fsp3) is 0.167. The smallest absolute Gasteiger partial charge is 0.254 e. The summed E-state index contributed by atoms with van der Waals surface area (Å²) in [5.41, 5.74) is 0.962. The molecule has 2 aromatic rings. The molecule has 0 aliphatic heterocycles. The van der Waals surface area contributed by atoms with Crippen molar-refractivity contribution < 1.29 is 14.4 Å². The van der Waals surface area contributed by atoms with Crippen molar-refractivity contribution in [3.05, 3.63) is 43.5 Å². The second-order valence-electron chi connectivity index (χ2n) is 3.17. The zero-order valence-electron chi connectivity index (χ0n) is 8.39. The van der Waals surface area contributed by atoms with Crippen LogP contribution < -0.4 is 9.30 Å². The van der Waals surface area contributed by atoms with Crippen molar-refractivity contribution >= 4 is 10.9 Å². The van der Waals surface area contributed by atoms with Crippen molar-refractivity contribution in [3.63, 3.8) is 0 Å². The molecule has 0 saturated heterocycles. The molecule has 0 spiro atoms. The molecule has 0 aliphatic rings. The van der Waals surface area contributed by atoms with Gasteiger partial charge in [0.25, 0.3) is 5.52 Å². The van der Waals surface area contributed by atoms with Crippen LogP contribution in [0.3, 0.4) is 0 Å². The van der Waals surface area contributed by atoms with Crippen LogP contribution >= 0.6 is 0 Å². The summed E-state index contributed by atoms with van der Waals surface area (Å²) in [6.45, 7) is 4.17. The Morgan fingerprint density at radius 3 is 2.80 bits per heavy atom. The number of aliphatic hydroxyl groups is 1. The van der Waals surface area contributed by atoms with E-state index in [0.29, 0.717) is 12.3 Å².